The van der Waals surface area contributed by atoms with Crippen LogP contribution in [0.5, 0.6) is 0 Å². The number of alkyl halides is 3. The first-order valence-electron chi connectivity index (χ1n) is 4.85. The molecule has 0 bridgehead atoms. The van der Waals surface area contributed by atoms with Crippen LogP contribution >= 0.6 is 0 Å². The van der Waals surface area contributed by atoms with Crippen LogP contribution in [-0.2, 0) is 4.79 Å². The average Bonchev–Trinajstić information content (AvgIpc) is 2.25. The fourth-order valence-electron chi connectivity index (χ4n) is 1.18. The van der Waals surface area contributed by atoms with Gasteiger partial charge in [-0.2, -0.15) is 18.3 Å². The fraction of sp³-hybridized carbons (Fsp3) is 0.273. The van der Waals surface area contributed by atoms with Gasteiger partial charge in [0.1, 0.15) is 11.5 Å². The maximum atomic E-state index is 12.7. The van der Waals surface area contributed by atoms with Gasteiger partial charge in [0, 0.05) is 19.7 Å². The normalized spacial score (nSPS) is 12.4. The lowest BCUT2D eigenvalue weighted by Gasteiger charge is -2.12. The van der Waals surface area contributed by atoms with Crippen molar-refractivity contribution >= 4 is 11.5 Å². The third-order valence-corrected chi connectivity index (χ3v) is 1.89. The molecule has 1 aromatic carbocycles. The number of hydrogen-bond acceptors (Lipinski definition) is 3. The van der Waals surface area contributed by atoms with Crippen LogP contribution in [0.4, 0.5) is 17.6 Å². The van der Waals surface area contributed by atoms with Gasteiger partial charge in [-0.1, -0.05) is 0 Å². The van der Waals surface area contributed by atoms with Crippen LogP contribution in [-0.4, -0.2) is 36.8 Å². The van der Waals surface area contributed by atoms with Crippen LogP contribution in [0.25, 0.3) is 0 Å². The number of Topliss-reactive ketones (excluding diaryl/α,β-unsaturated/α-hetero) is 1. The van der Waals surface area contributed by atoms with E-state index in [0.29, 0.717) is 0 Å². The third kappa shape index (κ3) is 3.54. The summed E-state index contributed by atoms with van der Waals surface area (Å²) in [5.41, 5.74) is -0.861. The highest BCUT2D eigenvalue weighted by Gasteiger charge is 2.42. The molecule has 0 aliphatic carbocycles. The minimum Gasteiger partial charge on any atom is -0.302 e. The van der Waals surface area contributed by atoms with Gasteiger partial charge < -0.3 is 5.01 Å². The molecule has 0 fully saturated rings. The summed E-state index contributed by atoms with van der Waals surface area (Å²) in [5, 5.41) is 4.57. The van der Waals surface area contributed by atoms with Crippen molar-refractivity contribution in [3.8, 4) is 0 Å². The second-order valence-electron chi connectivity index (χ2n) is 3.63. The molecule has 0 unspecified atom stereocenters. The number of hydrogen-bond donors (Lipinski definition) is 0. The highest BCUT2D eigenvalue weighted by atomic mass is 19.4. The van der Waals surface area contributed by atoms with Gasteiger partial charge in [-0.25, -0.2) is 4.39 Å². The van der Waals surface area contributed by atoms with Crippen molar-refractivity contribution in [3.63, 3.8) is 0 Å². The molecule has 7 heteroatoms. The van der Waals surface area contributed by atoms with Gasteiger partial charge in [-0.3, -0.25) is 4.79 Å². The van der Waals surface area contributed by atoms with Crippen molar-refractivity contribution in [3.05, 3.63) is 35.6 Å². The van der Waals surface area contributed by atoms with Gasteiger partial charge in [0.2, 0.25) is 0 Å². The summed E-state index contributed by atoms with van der Waals surface area (Å²) >= 11 is 0. The molecule has 18 heavy (non-hydrogen) atoms. The van der Waals surface area contributed by atoms with Crippen LogP contribution in [0, 0.1) is 5.82 Å². The number of hydrazone groups is 1. The largest absolute Gasteiger partial charge is 0.456 e. The summed E-state index contributed by atoms with van der Waals surface area (Å²) in [4.78, 5) is 11.2. The number of rotatable bonds is 3. The Morgan fingerprint density at radius 3 is 2.06 bits per heavy atom. The van der Waals surface area contributed by atoms with E-state index in [1.807, 2.05) is 0 Å². The third-order valence-electron chi connectivity index (χ3n) is 1.89. The number of benzene rings is 1. The molecule has 0 heterocycles. The molecule has 98 valence electrons. The minimum atomic E-state index is -5.02. The first kappa shape index (κ1) is 14.1. The molecule has 0 amide bonds. The molecule has 1 rings (SSSR count). The number of halogens is 4. The molecule has 3 nitrogen and oxygen atoms in total. The van der Waals surface area contributed by atoms with E-state index >= 15 is 0 Å². The maximum absolute atomic E-state index is 12.7. The van der Waals surface area contributed by atoms with Crippen molar-refractivity contribution in [1.82, 2.24) is 5.01 Å². The standard InChI is InChI=1S/C11H10F4N2O/c1-17(2)16-9(10(18)11(13,14)15)7-3-5-8(12)6-4-7/h3-6H,1-2H3/b16-9-. The summed E-state index contributed by atoms with van der Waals surface area (Å²) in [5.74, 6) is -2.68. The first-order valence-corrected chi connectivity index (χ1v) is 4.85. The summed E-state index contributed by atoms with van der Waals surface area (Å²) in [6.45, 7) is 0. The lowest BCUT2D eigenvalue weighted by Crippen LogP contribution is -2.32. The van der Waals surface area contributed by atoms with Gasteiger partial charge in [0.15, 0.2) is 0 Å². The Kier molecular flexibility index (Phi) is 4.05. The van der Waals surface area contributed by atoms with E-state index in [4.69, 9.17) is 0 Å². The Balaban J connectivity index is 3.23. The van der Waals surface area contributed by atoms with E-state index in [-0.39, 0.29) is 5.56 Å². The fourth-order valence-corrected chi connectivity index (χ4v) is 1.18. The van der Waals surface area contributed by atoms with E-state index in [1.165, 1.54) is 14.1 Å². The van der Waals surface area contributed by atoms with Gasteiger partial charge in [-0.05, 0) is 24.3 Å². The first-order chi connectivity index (χ1) is 8.21. The molecular weight excluding hydrogens is 252 g/mol. The number of carbonyl (C=O) groups is 1. The predicted octanol–water partition coefficient (Wildman–Crippen LogP) is 2.22. The van der Waals surface area contributed by atoms with Crippen LogP contribution in [0.2, 0.25) is 0 Å². The monoisotopic (exact) mass is 262 g/mol. The smallest absolute Gasteiger partial charge is 0.302 e. The molecule has 0 aliphatic heterocycles. The molecule has 1 aromatic rings. The topological polar surface area (TPSA) is 32.7 Å². The van der Waals surface area contributed by atoms with Crippen molar-refractivity contribution in [2.45, 2.75) is 6.18 Å². The van der Waals surface area contributed by atoms with Crippen molar-refractivity contribution in [2.24, 2.45) is 5.10 Å². The summed E-state index contributed by atoms with van der Waals surface area (Å²) in [6.07, 6.45) is -5.02. The Hall–Kier alpha value is -1.92. The van der Waals surface area contributed by atoms with Crippen LogP contribution in [0.15, 0.2) is 29.4 Å². The molecule has 0 spiro atoms. The summed E-state index contributed by atoms with van der Waals surface area (Å²) in [7, 11) is 2.76. The lowest BCUT2D eigenvalue weighted by molar-refractivity contribution is -0.163. The average molecular weight is 262 g/mol. The molecule has 0 saturated heterocycles. The highest BCUT2D eigenvalue weighted by Crippen LogP contribution is 2.20. The zero-order chi connectivity index (χ0) is 13.9. The molecule has 0 aliphatic rings. The maximum Gasteiger partial charge on any atom is 0.456 e. The van der Waals surface area contributed by atoms with Crippen LogP contribution < -0.4 is 0 Å². The van der Waals surface area contributed by atoms with Crippen LogP contribution in [0.3, 0.4) is 0 Å². The minimum absolute atomic E-state index is 0.0903. The van der Waals surface area contributed by atoms with E-state index in [0.717, 1.165) is 29.3 Å². The van der Waals surface area contributed by atoms with E-state index in [9.17, 15) is 22.4 Å². The SMILES string of the molecule is CN(C)/N=C(\C(=O)C(F)(F)F)c1ccc(F)cc1. The summed E-state index contributed by atoms with van der Waals surface area (Å²) in [6, 6.07) is 4.07. The zero-order valence-electron chi connectivity index (χ0n) is 9.62. The van der Waals surface area contributed by atoms with Crippen molar-refractivity contribution < 1.29 is 22.4 Å². The Morgan fingerprint density at radius 1 is 1.17 bits per heavy atom. The Bertz CT molecular complexity index is 463. The Labute approximate surface area is 101 Å². The van der Waals surface area contributed by atoms with E-state index in [1.54, 1.807) is 0 Å². The zero-order valence-corrected chi connectivity index (χ0v) is 9.62. The van der Waals surface area contributed by atoms with Gasteiger partial charge >= 0.3 is 6.18 Å². The molecule has 0 aromatic heterocycles. The second kappa shape index (κ2) is 5.16. The lowest BCUT2D eigenvalue weighted by atomic mass is 10.1. The quantitative estimate of drug-likeness (QED) is 0.475. The molecule has 0 N–H and O–H groups in total. The molecule has 0 radical (unpaired) electrons. The van der Waals surface area contributed by atoms with Gasteiger partial charge in [0.05, 0.1) is 0 Å². The number of carbonyl (C=O) groups excluding carboxylic acids is 1. The number of nitrogens with zero attached hydrogens (tertiary/aromatic N) is 2. The van der Waals surface area contributed by atoms with Crippen molar-refractivity contribution in [2.75, 3.05) is 14.1 Å². The molecule has 0 atom stereocenters. The van der Waals surface area contributed by atoms with E-state index in [2.05, 4.69) is 5.10 Å². The Morgan fingerprint density at radius 2 is 1.67 bits per heavy atom. The number of ketones is 1. The van der Waals surface area contributed by atoms with Gasteiger partial charge in [-0.15, -0.1) is 0 Å². The molecular formula is C11H10F4N2O. The van der Waals surface area contributed by atoms with Gasteiger partial charge in [0.25, 0.3) is 5.78 Å². The highest BCUT2D eigenvalue weighted by molar-refractivity contribution is 6.47. The van der Waals surface area contributed by atoms with E-state index < -0.39 is 23.5 Å². The second-order valence-corrected chi connectivity index (χ2v) is 3.63. The van der Waals surface area contributed by atoms with Crippen LogP contribution in [0.1, 0.15) is 5.56 Å². The van der Waals surface area contributed by atoms with Crippen molar-refractivity contribution in [1.29, 1.82) is 0 Å². The summed E-state index contributed by atoms with van der Waals surface area (Å²) < 4.78 is 49.9. The molecule has 0 saturated carbocycles. The predicted molar refractivity (Wildman–Crippen MR) is 57.7 cm³/mol.